The fourth-order valence-corrected chi connectivity index (χ4v) is 1.98. The summed E-state index contributed by atoms with van der Waals surface area (Å²) in [4.78, 5) is 0. The van der Waals surface area contributed by atoms with Crippen molar-refractivity contribution < 1.29 is 5.11 Å². The molecular formula is C8H10AsClO. The molecule has 0 aromatic heterocycles. The van der Waals surface area contributed by atoms with Crippen LogP contribution in [0.25, 0.3) is 0 Å². The molecule has 1 N–H and O–H groups in total. The van der Waals surface area contributed by atoms with Gasteiger partial charge in [-0.3, -0.25) is 0 Å². The van der Waals surface area contributed by atoms with E-state index in [1.807, 2.05) is 6.07 Å². The third-order valence-corrected chi connectivity index (χ3v) is 2.81. The van der Waals surface area contributed by atoms with E-state index in [4.69, 9.17) is 16.7 Å². The first-order chi connectivity index (χ1) is 5.24. The predicted octanol–water partition coefficient (Wildman–Crippen LogP) is 0.432. The van der Waals surface area contributed by atoms with E-state index in [-0.39, 0.29) is 0 Å². The molecule has 0 heterocycles. The molecule has 0 amide bonds. The molecule has 0 aliphatic rings. The van der Waals surface area contributed by atoms with Gasteiger partial charge in [-0.2, -0.15) is 0 Å². The summed E-state index contributed by atoms with van der Waals surface area (Å²) in [5.74, 6) is 0.976. The number of hydrogen-bond donors (Lipinski definition) is 1. The quantitative estimate of drug-likeness (QED) is 0.579. The number of benzene rings is 1. The molecule has 0 aliphatic carbocycles. The van der Waals surface area contributed by atoms with E-state index in [9.17, 15) is 0 Å². The van der Waals surface area contributed by atoms with Crippen LogP contribution in [0.4, 0.5) is 0 Å². The summed E-state index contributed by atoms with van der Waals surface area (Å²) < 4.78 is 1.16. The van der Waals surface area contributed by atoms with Crippen molar-refractivity contribution in [2.24, 2.45) is 0 Å². The van der Waals surface area contributed by atoms with Gasteiger partial charge < -0.3 is 0 Å². The van der Waals surface area contributed by atoms with Crippen LogP contribution < -0.4 is 4.35 Å². The monoisotopic (exact) mass is 232 g/mol. The molecule has 0 spiro atoms. The van der Waals surface area contributed by atoms with Crippen molar-refractivity contribution in [3.05, 3.63) is 23.8 Å². The number of phenols is 1. The van der Waals surface area contributed by atoms with Crippen LogP contribution in [0.15, 0.2) is 18.2 Å². The summed E-state index contributed by atoms with van der Waals surface area (Å²) in [6, 6.07) is 5.40. The molecule has 0 bridgehead atoms. The molecule has 1 unspecified atom stereocenters. The Bertz CT molecular complexity index is 250. The fourth-order valence-electron chi connectivity index (χ4n) is 0.912. The molecule has 0 fully saturated rings. The van der Waals surface area contributed by atoms with Gasteiger partial charge in [-0.05, 0) is 0 Å². The molecule has 1 atom stereocenters. The summed E-state index contributed by atoms with van der Waals surface area (Å²) >= 11 is 7.11. The zero-order valence-corrected chi connectivity index (χ0v) is 9.23. The minimum atomic E-state index is 0.336. The molecule has 0 saturated heterocycles. The minimum absolute atomic E-state index is 0.336. The van der Waals surface area contributed by atoms with E-state index in [1.165, 1.54) is 22.4 Å². The maximum atomic E-state index is 9.08. The standard InChI is InChI=1S/C8H10AsClO/c9-8-5-7(11)2-1-6(8)3-4-10/h1-2,5,11H,3-4,9H2. The van der Waals surface area contributed by atoms with Crippen LogP contribution in [-0.2, 0) is 6.42 Å². The Morgan fingerprint density at radius 2 is 2.18 bits per heavy atom. The van der Waals surface area contributed by atoms with E-state index in [0.717, 1.165) is 10.8 Å². The van der Waals surface area contributed by atoms with E-state index in [2.05, 4.69) is 0 Å². The van der Waals surface area contributed by atoms with Crippen molar-refractivity contribution in [3.8, 4) is 5.75 Å². The Kier molecular flexibility index (Phi) is 3.29. The average Bonchev–Trinajstić information content (AvgIpc) is 1.95. The molecule has 1 nitrogen and oxygen atoms in total. The van der Waals surface area contributed by atoms with Crippen LogP contribution >= 0.6 is 11.6 Å². The first-order valence-corrected chi connectivity index (χ1v) is 5.12. The molecule has 60 valence electrons. The molecule has 1 aromatic rings. The molecule has 1 rings (SSSR count). The third kappa shape index (κ3) is 2.43. The summed E-state index contributed by atoms with van der Waals surface area (Å²) in [5, 5.41) is 9.08. The Hall–Kier alpha value is -0.132. The second kappa shape index (κ2) is 4.04. The van der Waals surface area contributed by atoms with Crippen molar-refractivity contribution in [1.82, 2.24) is 0 Å². The molecule has 0 saturated carbocycles. The van der Waals surface area contributed by atoms with Crippen molar-refractivity contribution in [3.63, 3.8) is 0 Å². The Morgan fingerprint density at radius 3 is 2.73 bits per heavy atom. The van der Waals surface area contributed by atoms with Crippen LogP contribution in [0.3, 0.4) is 0 Å². The molecule has 1 aromatic carbocycles. The van der Waals surface area contributed by atoms with Gasteiger partial charge in [-0.15, -0.1) is 0 Å². The second-order valence-corrected chi connectivity index (χ2v) is 4.01. The number of halogens is 1. The molecule has 3 heteroatoms. The van der Waals surface area contributed by atoms with Crippen molar-refractivity contribution >= 4 is 32.8 Å². The number of alkyl halides is 1. The summed E-state index contributed by atoms with van der Waals surface area (Å²) in [6.45, 7) is 0. The Labute approximate surface area is 79.9 Å². The zero-order valence-electron chi connectivity index (χ0n) is 6.05. The number of phenolic OH excluding ortho intramolecular Hbond substituents is 1. The zero-order chi connectivity index (χ0) is 8.27. The first-order valence-electron chi connectivity index (χ1n) is 3.37. The number of hydrogen-bond acceptors (Lipinski definition) is 1. The van der Waals surface area contributed by atoms with Crippen LogP contribution in [0, 0.1) is 0 Å². The van der Waals surface area contributed by atoms with E-state index < -0.39 is 0 Å². The van der Waals surface area contributed by atoms with Gasteiger partial charge in [-0.25, -0.2) is 0 Å². The number of aromatic hydroxyl groups is 1. The van der Waals surface area contributed by atoms with Crippen molar-refractivity contribution in [1.29, 1.82) is 0 Å². The fraction of sp³-hybridized carbons (Fsp3) is 0.250. The van der Waals surface area contributed by atoms with Gasteiger partial charge in [0, 0.05) is 0 Å². The molecule has 11 heavy (non-hydrogen) atoms. The van der Waals surface area contributed by atoms with E-state index in [1.54, 1.807) is 12.1 Å². The van der Waals surface area contributed by atoms with Crippen molar-refractivity contribution in [2.75, 3.05) is 5.88 Å². The summed E-state index contributed by atoms with van der Waals surface area (Å²) in [7, 11) is 0. The van der Waals surface area contributed by atoms with Crippen LogP contribution in [0.2, 0.25) is 0 Å². The van der Waals surface area contributed by atoms with Gasteiger partial charge in [0.1, 0.15) is 0 Å². The Morgan fingerprint density at radius 1 is 1.45 bits per heavy atom. The van der Waals surface area contributed by atoms with Crippen molar-refractivity contribution in [2.45, 2.75) is 6.42 Å². The number of rotatable bonds is 2. The van der Waals surface area contributed by atoms with E-state index in [0.29, 0.717) is 11.6 Å². The van der Waals surface area contributed by atoms with Gasteiger partial charge in [0.15, 0.2) is 0 Å². The first kappa shape index (κ1) is 8.96. The summed E-state index contributed by atoms with van der Waals surface area (Å²) in [5.41, 5.74) is 1.23. The van der Waals surface area contributed by atoms with Gasteiger partial charge in [-0.1, -0.05) is 0 Å². The molecular weight excluding hydrogens is 222 g/mol. The molecule has 0 aliphatic heterocycles. The average molecular weight is 233 g/mol. The van der Waals surface area contributed by atoms with Gasteiger partial charge >= 0.3 is 79.7 Å². The van der Waals surface area contributed by atoms with Crippen LogP contribution in [0.5, 0.6) is 5.75 Å². The normalized spacial score (nSPS) is 10.0. The van der Waals surface area contributed by atoms with Gasteiger partial charge in [0.25, 0.3) is 0 Å². The SMILES string of the molecule is Oc1ccc(CCCl)c([AsH2])c1. The third-order valence-electron chi connectivity index (χ3n) is 1.49. The van der Waals surface area contributed by atoms with Gasteiger partial charge in [0.05, 0.1) is 0 Å². The topological polar surface area (TPSA) is 20.2 Å². The summed E-state index contributed by atoms with van der Waals surface area (Å²) in [6.07, 6.45) is 0.884. The second-order valence-electron chi connectivity index (χ2n) is 2.32. The Balaban J connectivity index is 2.90. The van der Waals surface area contributed by atoms with E-state index >= 15 is 0 Å². The maximum absolute atomic E-state index is 9.08. The predicted molar refractivity (Wildman–Crippen MR) is 50.7 cm³/mol. The number of aryl methyl sites for hydroxylation is 1. The molecule has 0 radical (unpaired) electrons. The van der Waals surface area contributed by atoms with Crippen LogP contribution in [-0.4, -0.2) is 27.8 Å². The van der Waals surface area contributed by atoms with Gasteiger partial charge in [0.2, 0.25) is 0 Å². The van der Waals surface area contributed by atoms with Crippen LogP contribution in [0.1, 0.15) is 5.56 Å².